The molecular weight excluding hydrogens is 605 g/mol. The molecule has 1 unspecified atom stereocenters. The summed E-state index contributed by atoms with van der Waals surface area (Å²) in [6.07, 6.45) is 6.45. The lowest BCUT2D eigenvalue weighted by atomic mass is 10.0. The number of aromatic amines is 1. The lowest BCUT2D eigenvalue weighted by Gasteiger charge is -2.19. The minimum absolute atomic E-state index is 0.272. The van der Waals surface area contributed by atoms with E-state index in [1.807, 2.05) is 18.2 Å². The van der Waals surface area contributed by atoms with E-state index in [4.69, 9.17) is 28.2 Å². The van der Waals surface area contributed by atoms with Crippen LogP contribution in [0.15, 0.2) is 96.4 Å². The number of methoxy groups -OCH3 is 1. The first-order valence-corrected chi connectivity index (χ1v) is 14.0. The maximum atomic E-state index is 13.8. The van der Waals surface area contributed by atoms with Gasteiger partial charge in [0.2, 0.25) is 0 Å². The van der Waals surface area contributed by atoms with Gasteiger partial charge in [0.25, 0.3) is 5.56 Å². The van der Waals surface area contributed by atoms with E-state index in [2.05, 4.69) is 35.5 Å². The quantitative estimate of drug-likeness (QED) is 0.222. The molecule has 0 bridgehead atoms. The van der Waals surface area contributed by atoms with Crippen molar-refractivity contribution >= 4 is 35.0 Å². The van der Waals surface area contributed by atoms with Crippen LogP contribution in [-0.4, -0.2) is 52.9 Å². The number of H-pyrrole nitrogens is 1. The number of hydrogen-bond donors (Lipinski definition) is 2. The number of halogens is 2. The second-order valence-electron chi connectivity index (χ2n) is 9.64. The van der Waals surface area contributed by atoms with Crippen molar-refractivity contribution in [1.29, 1.82) is 0 Å². The first-order chi connectivity index (χ1) is 21.4. The zero-order chi connectivity index (χ0) is 30.6. The molecule has 1 amide bonds. The molecule has 2 N–H and O–H groups in total. The first kappa shape index (κ1) is 28.8. The molecule has 12 nitrogen and oxygen atoms in total. The second kappa shape index (κ2) is 12.5. The summed E-state index contributed by atoms with van der Waals surface area (Å²) in [6, 6.07) is 18.8. The van der Waals surface area contributed by atoms with Crippen LogP contribution in [0.5, 0.6) is 0 Å². The van der Waals surface area contributed by atoms with Gasteiger partial charge >= 0.3 is 6.09 Å². The fraction of sp³-hybridized carbons (Fsp3) is 0.100. The van der Waals surface area contributed by atoms with E-state index < -0.39 is 12.1 Å². The number of rotatable bonds is 8. The number of hydrogen-bond acceptors (Lipinski definition) is 8. The highest BCUT2D eigenvalue weighted by molar-refractivity contribution is 6.32. The minimum Gasteiger partial charge on any atom is -0.453 e. The Hall–Kier alpha value is -5.33. The van der Waals surface area contributed by atoms with Gasteiger partial charge in [-0.1, -0.05) is 41.4 Å². The van der Waals surface area contributed by atoms with Crippen LogP contribution in [0.1, 0.15) is 17.4 Å². The molecule has 6 rings (SSSR count). The standard InChI is InChI=1S/C30H23Cl2N9O3/c1-44-30(43)35-22-7-4-19(5-8-22)27-28(32)37-29(36-27)25(13-18-3-2-11-33-16-18)40-12-10-20(14-26(40)42)23-15-21(31)6-9-24(23)41-17-34-38-39-41/h2-12,14-17,25H,13H2,1H3,(H,35,43)(H,36,37). The van der Waals surface area contributed by atoms with Crippen molar-refractivity contribution in [1.82, 2.24) is 39.7 Å². The van der Waals surface area contributed by atoms with Crippen molar-refractivity contribution < 1.29 is 9.53 Å². The molecule has 4 aromatic heterocycles. The molecule has 44 heavy (non-hydrogen) atoms. The number of aromatic nitrogens is 8. The van der Waals surface area contributed by atoms with Gasteiger partial charge in [0, 0.05) is 52.9 Å². The Morgan fingerprint density at radius 1 is 1.07 bits per heavy atom. The van der Waals surface area contributed by atoms with E-state index in [1.54, 1.807) is 65.6 Å². The largest absolute Gasteiger partial charge is 0.453 e. The summed E-state index contributed by atoms with van der Waals surface area (Å²) >= 11 is 13.0. The van der Waals surface area contributed by atoms with Crippen LogP contribution in [0.2, 0.25) is 10.2 Å². The molecule has 0 aliphatic rings. The molecule has 0 saturated carbocycles. The third kappa shape index (κ3) is 6.07. The molecule has 0 radical (unpaired) electrons. The summed E-state index contributed by atoms with van der Waals surface area (Å²) in [5.74, 6) is 0.484. The van der Waals surface area contributed by atoms with Crippen molar-refractivity contribution in [2.45, 2.75) is 12.5 Å². The average molecular weight is 628 g/mol. The number of tetrazole rings is 1. The Morgan fingerprint density at radius 3 is 2.61 bits per heavy atom. The number of nitrogens with zero attached hydrogens (tertiary/aromatic N) is 7. The molecule has 0 fully saturated rings. The minimum atomic E-state index is -0.575. The molecule has 1 atom stereocenters. The van der Waals surface area contributed by atoms with Gasteiger partial charge in [-0.15, -0.1) is 5.10 Å². The number of benzene rings is 2. The Labute approximate surface area is 260 Å². The summed E-state index contributed by atoms with van der Waals surface area (Å²) in [4.78, 5) is 37.5. The van der Waals surface area contributed by atoms with E-state index in [0.29, 0.717) is 56.2 Å². The number of nitrogens with one attached hydrogen (secondary N) is 2. The zero-order valence-corrected chi connectivity index (χ0v) is 24.6. The molecule has 0 spiro atoms. The Bertz CT molecular complexity index is 1980. The van der Waals surface area contributed by atoms with Crippen LogP contribution in [0.25, 0.3) is 28.1 Å². The zero-order valence-electron chi connectivity index (χ0n) is 23.1. The van der Waals surface area contributed by atoms with Gasteiger partial charge in [-0.25, -0.2) is 9.78 Å². The normalized spacial score (nSPS) is 11.7. The number of ether oxygens (including phenoxy) is 1. The molecule has 0 aliphatic heterocycles. The van der Waals surface area contributed by atoms with Crippen molar-refractivity contribution in [3.63, 3.8) is 0 Å². The van der Waals surface area contributed by atoms with Gasteiger partial charge < -0.3 is 14.3 Å². The smallest absolute Gasteiger partial charge is 0.411 e. The fourth-order valence-corrected chi connectivity index (χ4v) is 5.21. The van der Waals surface area contributed by atoms with Crippen molar-refractivity contribution in [2.24, 2.45) is 0 Å². The number of carbonyl (C=O) groups is 1. The maximum Gasteiger partial charge on any atom is 0.411 e. The van der Waals surface area contributed by atoms with E-state index in [9.17, 15) is 9.59 Å². The van der Waals surface area contributed by atoms with Crippen LogP contribution >= 0.6 is 23.2 Å². The summed E-state index contributed by atoms with van der Waals surface area (Å²) in [6.45, 7) is 0. The Balaban J connectivity index is 1.39. The van der Waals surface area contributed by atoms with Gasteiger partial charge in [-0.05, 0) is 64.0 Å². The molecular formula is C30H23Cl2N9O3. The van der Waals surface area contributed by atoms with Crippen molar-refractivity contribution in [3.05, 3.63) is 124 Å². The van der Waals surface area contributed by atoms with Gasteiger partial charge in [0.05, 0.1) is 18.8 Å². The van der Waals surface area contributed by atoms with Crippen LogP contribution in [0.4, 0.5) is 10.5 Å². The lowest BCUT2D eigenvalue weighted by Crippen LogP contribution is -2.27. The van der Waals surface area contributed by atoms with Gasteiger partial charge in [0.15, 0.2) is 0 Å². The third-order valence-corrected chi connectivity index (χ3v) is 7.39. The number of pyridine rings is 2. The highest BCUT2D eigenvalue weighted by Crippen LogP contribution is 2.32. The summed E-state index contributed by atoms with van der Waals surface area (Å²) < 4.78 is 7.75. The van der Waals surface area contributed by atoms with Crippen LogP contribution < -0.4 is 10.9 Å². The highest BCUT2D eigenvalue weighted by Gasteiger charge is 2.23. The second-order valence-corrected chi connectivity index (χ2v) is 10.5. The summed E-state index contributed by atoms with van der Waals surface area (Å²) in [5, 5.41) is 14.8. The summed E-state index contributed by atoms with van der Waals surface area (Å²) in [7, 11) is 1.29. The average Bonchev–Trinajstić information content (AvgIpc) is 3.71. The molecule has 0 aliphatic carbocycles. The highest BCUT2D eigenvalue weighted by atomic mass is 35.5. The van der Waals surface area contributed by atoms with E-state index in [-0.39, 0.29) is 5.56 Å². The number of anilines is 1. The van der Waals surface area contributed by atoms with E-state index >= 15 is 0 Å². The number of carbonyl (C=O) groups excluding carboxylic acids is 1. The lowest BCUT2D eigenvalue weighted by molar-refractivity contribution is 0.187. The van der Waals surface area contributed by atoms with Crippen LogP contribution in [0, 0.1) is 0 Å². The Kier molecular flexibility index (Phi) is 8.17. The van der Waals surface area contributed by atoms with Gasteiger partial charge in [-0.3, -0.25) is 15.1 Å². The predicted octanol–water partition coefficient (Wildman–Crippen LogP) is 5.59. The van der Waals surface area contributed by atoms with E-state index in [0.717, 1.165) is 5.56 Å². The van der Waals surface area contributed by atoms with Crippen LogP contribution in [-0.2, 0) is 11.2 Å². The van der Waals surface area contributed by atoms with Gasteiger partial charge in [0.1, 0.15) is 23.0 Å². The monoisotopic (exact) mass is 627 g/mol. The molecule has 6 aromatic rings. The molecule has 220 valence electrons. The topological polar surface area (TPSA) is 146 Å². The van der Waals surface area contributed by atoms with Gasteiger partial charge in [-0.2, -0.15) is 4.68 Å². The van der Waals surface area contributed by atoms with Crippen molar-refractivity contribution in [3.8, 4) is 28.1 Å². The first-order valence-electron chi connectivity index (χ1n) is 13.2. The number of imidazole rings is 1. The molecule has 2 aromatic carbocycles. The summed E-state index contributed by atoms with van der Waals surface area (Å²) in [5.41, 5.74) is 4.38. The molecule has 14 heteroatoms. The number of amides is 1. The predicted molar refractivity (Wildman–Crippen MR) is 165 cm³/mol. The Morgan fingerprint density at radius 2 is 1.91 bits per heavy atom. The van der Waals surface area contributed by atoms with Crippen molar-refractivity contribution in [2.75, 3.05) is 12.4 Å². The third-order valence-electron chi connectivity index (χ3n) is 6.88. The fourth-order valence-electron chi connectivity index (χ4n) is 4.79. The molecule has 4 heterocycles. The van der Waals surface area contributed by atoms with Crippen LogP contribution in [0.3, 0.4) is 0 Å². The molecule has 0 saturated heterocycles. The maximum absolute atomic E-state index is 13.8. The van der Waals surface area contributed by atoms with E-state index in [1.165, 1.54) is 24.2 Å². The SMILES string of the molecule is COC(=O)Nc1ccc(-c2nc(C(Cc3cccnc3)n3ccc(-c4cc(Cl)ccc4-n4cnnn4)cc3=O)[nH]c2Cl)cc1.